The molecule has 1 unspecified atom stereocenters. The van der Waals surface area contributed by atoms with Gasteiger partial charge in [0, 0.05) is 12.7 Å². The number of carbonyl (C=O) groups is 1. The molecule has 7 heteroatoms. The summed E-state index contributed by atoms with van der Waals surface area (Å²) in [6.07, 6.45) is -0.256. The highest BCUT2D eigenvalue weighted by atomic mass is 32.2. The second kappa shape index (κ2) is 9.13. The van der Waals surface area contributed by atoms with Crippen LogP contribution in [0.2, 0.25) is 0 Å². The number of hydrogen-bond acceptors (Lipinski definition) is 5. The summed E-state index contributed by atoms with van der Waals surface area (Å²) in [6, 6.07) is 13.9. The standard InChI is InChI=1S/C22H26N4O2S/c1-14-9-11-18(12-10-14)28-17(4)21-24-25-22(26(21)5)29-13-19(27)23-20-15(2)7-6-8-16(20)3/h6-12,17H,13H2,1-5H3,(H,23,27). The summed E-state index contributed by atoms with van der Waals surface area (Å²) in [5.41, 5.74) is 4.15. The molecule has 0 radical (unpaired) electrons. The van der Waals surface area contributed by atoms with Crippen LogP contribution in [0, 0.1) is 20.8 Å². The van der Waals surface area contributed by atoms with E-state index < -0.39 is 0 Å². The summed E-state index contributed by atoms with van der Waals surface area (Å²) in [7, 11) is 1.88. The lowest BCUT2D eigenvalue weighted by Gasteiger charge is -2.14. The summed E-state index contributed by atoms with van der Waals surface area (Å²) in [5, 5.41) is 12.1. The van der Waals surface area contributed by atoms with Crippen LogP contribution in [0.5, 0.6) is 5.75 Å². The summed E-state index contributed by atoms with van der Waals surface area (Å²) in [6.45, 7) is 7.95. The lowest BCUT2D eigenvalue weighted by atomic mass is 10.1. The first-order valence-electron chi connectivity index (χ1n) is 9.46. The van der Waals surface area contributed by atoms with Crippen LogP contribution in [0.25, 0.3) is 0 Å². The number of thioether (sulfide) groups is 1. The van der Waals surface area contributed by atoms with Crippen molar-refractivity contribution in [3.05, 3.63) is 65.0 Å². The van der Waals surface area contributed by atoms with Crippen LogP contribution in [0.4, 0.5) is 5.69 Å². The Kier molecular flexibility index (Phi) is 6.59. The number of anilines is 1. The molecule has 2 aromatic carbocycles. The number of aryl methyl sites for hydroxylation is 3. The number of nitrogens with zero attached hydrogens (tertiary/aromatic N) is 3. The van der Waals surface area contributed by atoms with Crippen molar-refractivity contribution in [2.24, 2.45) is 7.05 Å². The Morgan fingerprint density at radius 2 is 1.76 bits per heavy atom. The Hall–Kier alpha value is -2.80. The zero-order valence-electron chi connectivity index (χ0n) is 17.4. The molecule has 0 saturated heterocycles. The molecule has 0 spiro atoms. The molecule has 0 saturated carbocycles. The van der Waals surface area contributed by atoms with Crippen LogP contribution in [-0.2, 0) is 11.8 Å². The minimum absolute atomic E-state index is 0.0686. The molecule has 1 N–H and O–H groups in total. The summed E-state index contributed by atoms with van der Waals surface area (Å²) < 4.78 is 7.84. The van der Waals surface area contributed by atoms with Crippen LogP contribution < -0.4 is 10.1 Å². The van der Waals surface area contributed by atoms with Crippen LogP contribution in [0.15, 0.2) is 47.6 Å². The molecule has 1 heterocycles. The maximum Gasteiger partial charge on any atom is 0.234 e. The molecule has 0 aliphatic heterocycles. The Morgan fingerprint density at radius 3 is 2.41 bits per heavy atom. The lowest BCUT2D eigenvalue weighted by molar-refractivity contribution is -0.113. The molecule has 0 bridgehead atoms. The largest absolute Gasteiger partial charge is 0.483 e. The van der Waals surface area contributed by atoms with Gasteiger partial charge in [-0.3, -0.25) is 4.79 Å². The smallest absolute Gasteiger partial charge is 0.234 e. The van der Waals surface area contributed by atoms with Crippen molar-refractivity contribution in [2.75, 3.05) is 11.1 Å². The third-order valence-electron chi connectivity index (χ3n) is 4.64. The predicted molar refractivity (Wildman–Crippen MR) is 116 cm³/mol. The van der Waals surface area contributed by atoms with E-state index in [1.807, 2.05) is 81.8 Å². The molecular weight excluding hydrogens is 384 g/mol. The van der Waals surface area contributed by atoms with E-state index in [-0.39, 0.29) is 17.8 Å². The molecule has 152 valence electrons. The topological polar surface area (TPSA) is 69.0 Å². The van der Waals surface area contributed by atoms with Gasteiger partial charge in [0.1, 0.15) is 5.75 Å². The third-order valence-corrected chi connectivity index (χ3v) is 5.66. The van der Waals surface area contributed by atoms with Crippen molar-refractivity contribution in [2.45, 2.75) is 39.0 Å². The van der Waals surface area contributed by atoms with Crippen LogP contribution in [0.3, 0.4) is 0 Å². The van der Waals surface area contributed by atoms with Gasteiger partial charge in [-0.1, -0.05) is 47.7 Å². The van der Waals surface area contributed by atoms with E-state index in [0.29, 0.717) is 11.0 Å². The minimum Gasteiger partial charge on any atom is -0.483 e. The second-order valence-corrected chi connectivity index (χ2v) is 8.02. The number of hydrogen-bond donors (Lipinski definition) is 1. The molecule has 3 rings (SSSR count). The quantitative estimate of drug-likeness (QED) is 0.576. The van der Waals surface area contributed by atoms with Gasteiger partial charge in [-0.15, -0.1) is 10.2 Å². The summed E-state index contributed by atoms with van der Waals surface area (Å²) in [5.74, 6) is 1.69. The van der Waals surface area contributed by atoms with E-state index in [1.54, 1.807) is 0 Å². The molecule has 29 heavy (non-hydrogen) atoms. The lowest BCUT2D eigenvalue weighted by Crippen LogP contribution is -2.16. The molecule has 3 aromatic rings. The summed E-state index contributed by atoms with van der Waals surface area (Å²) >= 11 is 1.35. The average Bonchev–Trinajstić information content (AvgIpc) is 3.05. The monoisotopic (exact) mass is 410 g/mol. The number of aromatic nitrogens is 3. The van der Waals surface area contributed by atoms with Crippen molar-refractivity contribution in [3.8, 4) is 5.75 Å². The zero-order chi connectivity index (χ0) is 21.0. The van der Waals surface area contributed by atoms with Gasteiger partial charge in [0.05, 0.1) is 5.75 Å². The van der Waals surface area contributed by atoms with Gasteiger partial charge in [-0.05, 0) is 51.0 Å². The van der Waals surface area contributed by atoms with Gasteiger partial charge in [0.25, 0.3) is 0 Å². The molecule has 0 fully saturated rings. The molecule has 0 aliphatic rings. The maximum absolute atomic E-state index is 12.4. The third kappa shape index (κ3) is 5.17. The van der Waals surface area contributed by atoms with Crippen LogP contribution in [-0.4, -0.2) is 26.4 Å². The normalized spacial score (nSPS) is 11.9. The second-order valence-electron chi connectivity index (χ2n) is 7.08. The van der Waals surface area contributed by atoms with E-state index in [1.165, 1.54) is 17.3 Å². The van der Waals surface area contributed by atoms with Crippen molar-refractivity contribution < 1.29 is 9.53 Å². The Morgan fingerprint density at radius 1 is 1.10 bits per heavy atom. The number of para-hydroxylation sites is 1. The number of rotatable bonds is 7. The molecule has 1 aromatic heterocycles. The van der Waals surface area contributed by atoms with Crippen LogP contribution >= 0.6 is 11.8 Å². The van der Waals surface area contributed by atoms with Crippen molar-refractivity contribution in [1.29, 1.82) is 0 Å². The van der Waals surface area contributed by atoms with Gasteiger partial charge in [-0.2, -0.15) is 0 Å². The first-order chi connectivity index (χ1) is 13.8. The highest BCUT2D eigenvalue weighted by molar-refractivity contribution is 7.99. The van der Waals surface area contributed by atoms with Gasteiger partial charge in [0.15, 0.2) is 17.1 Å². The number of benzene rings is 2. The maximum atomic E-state index is 12.4. The predicted octanol–water partition coefficient (Wildman–Crippen LogP) is 4.61. The van der Waals surface area contributed by atoms with Crippen molar-refractivity contribution in [3.63, 3.8) is 0 Å². The Balaban J connectivity index is 1.60. The van der Waals surface area contributed by atoms with E-state index in [2.05, 4.69) is 15.5 Å². The van der Waals surface area contributed by atoms with Gasteiger partial charge < -0.3 is 14.6 Å². The molecule has 1 amide bonds. The van der Waals surface area contributed by atoms with E-state index in [4.69, 9.17) is 4.74 Å². The molecular formula is C22H26N4O2S. The SMILES string of the molecule is Cc1ccc(OC(C)c2nnc(SCC(=O)Nc3c(C)cccc3C)n2C)cc1. The number of carbonyl (C=O) groups excluding carboxylic acids is 1. The summed E-state index contributed by atoms with van der Waals surface area (Å²) in [4.78, 5) is 12.4. The fourth-order valence-electron chi connectivity index (χ4n) is 3.00. The van der Waals surface area contributed by atoms with E-state index in [9.17, 15) is 4.79 Å². The van der Waals surface area contributed by atoms with Crippen molar-refractivity contribution in [1.82, 2.24) is 14.8 Å². The number of amides is 1. The van der Waals surface area contributed by atoms with E-state index >= 15 is 0 Å². The van der Waals surface area contributed by atoms with Gasteiger partial charge in [0.2, 0.25) is 5.91 Å². The Bertz CT molecular complexity index is 978. The highest BCUT2D eigenvalue weighted by Crippen LogP contribution is 2.24. The van der Waals surface area contributed by atoms with Gasteiger partial charge >= 0.3 is 0 Å². The Labute approximate surface area is 175 Å². The fraction of sp³-hybridized carbons (Fsp3) is 0.318. The zero-order valence-corrected chi connectivity index (χ0v) is 18.2. The molecule has 6 nitrogen and oxygen atoms in total. The van der Waals surface area contributed by atoms with E-state index in [0.717, 1.165) is 22.6 Å². The molecule has 1 atom stereocenters. The molecule has 0 aliphatic carbocycles. The average molecular weight is 411 g/mol. The first-order valence-corrected chi connectivity index (χ1v) is 10.4. The first kappa shape index (κ1) is 20.9. The van der Waals surface area contributed by atoms with Crippen LogP contribution in [0.1, 0.15) is 35.5 Å². The number of ether oxygens (including phenoxy) is 1. The minimum atomic E-state index is -0.256. The highest BCUT2D eigenvalue weighted by Gasteiger charge is 2.18. The fourth-order valence-corrected chi connectivity index (χ4v) is 3.71. The number of nitrogens with one attached hydrogen (secondary N) is 1. The van der Waals surface area contributed by atoms with Crippen molar-refractivity contribution >= 4 is 23.4 Å². The van der Waals surface area contributed by atoms with Gasteiger partial charge in [-0.25, -0.2) is 0 Å².